The quantitative estimate of drug-likeness (QED) is 0.515. The number of rotatable bonds is 7. The SMILES string of the molecule is CN(CCCNC(=O)c1ccc(Cl)cc1I)Cc1ccccc1. The van der Waals surface area contributed by atoms with E-state index in [1.165, 1.54) is 5.56 Å². The first kappa shape index (κ1) is 18.2. The van der Waals surface area contributed by atoms with Gasteiger partial charge >= 0.3 is 0 Å². The van der Waals surface area contributed by atoms with Gasteiger partial charge in [-0.3, -0.25) is 4.79 Å². The molecule has 0 aliphatic heterocycles. The fourth-order valence-corrected chi connectivity index (χ4v) is 3.41. The normalized spacial score (nSPS) is 10.8. The van der Waals surface area contributed by atoms with E-state index in [0.29, 0.717) is 17.1 Å². The van der Waals surface area contributed by atoms with E-state index in [9.17, 15) is 4.79 Å². The number of carbonyl (C=O) groups is 1. The van der Waals surface area contributed by atoms with Gasteiger partial charge in [0.25, 0.3) is 5.91 Å². The highest BCUT2D eigenvalue weighted by Crippen LogP contribution is 2.17. The van der Waals surface area contributed by atoms with Crippen molar-refractivity contribution in [3.05, 3.63) is 68.3 Å². The van der Waals surface area contributed by atoms with E-state index in [1.807, 2.05) is 6.07 Å². The molecule has 0 aliphatic rings. The van der Waals surface area contributed by atoms with Crippen molar-refractivity contribution in [3.8, 4) is 0 Å². The van der Waals surface area contributed by atoms with Crippen molar-refractivity contribution in [1.29, 1.82) is 0 Å². The van der Waals surface area contributed by atoms with Gasteiger partial charge in [0.15, 0.2) is 0 Å². The lowest BCUT2D eigenvalue weighted by molar-refractivity contribution is 0.0951. The molecule has 0 bridgehead atoms. The first-order valence-corrected chi connectivity index (χ1v) is 8.97. The third-order valence-electron chi connectivity index (χ3n) is 3.47. The molecule has 0 aromatic heterocycles. The summed E-state index contributed by atoms with van der Waals surface area (Å²) in [6.45, 7) is 2.52. The number of hydrogen-bond acceptors (Lipinski definition) is 2. The summed E-state index contributed by atoms with van der Waals surface area (Å²) >= 11 is 8.04. The number of nitrogens with zero attached hydrogens (tertiary/aromatic N) is 1. The molecule has 1 N–H and O–H groups in total. The maximum absolute atomic E-state index is 12.1. The van der Waals surface area contributed by atoms with E-state index in [1.54, 1.807) is 18.2 Å². The second-order valence-corrected chi connectivity index (χ2v) is 7.06. The molecule has 2 rings (SSSR count). The summed E-state index contributed by atoms with van der Waals surface area (Å²) in [5.74, 6) is -0.0446. The van der Waals surface area contributed by atoms with Crippen molar-refractivity contribution in [1.82, 2.24) is 10.2 Å². The molecule has 23 heavy (non-hydrogen) atoms. The van der Waals surface area contributed by atoms with Crippen LogP contribution in [-0.2, 0) is 6.54 Å². The Labute approximate surface area is 156 Å². The van der Waals surface area contributed by atoms with E-state index in [-0.39, 0.29) is 5.91 Å². The Hall–Kier alpha value is -1.11. The van der Waals surface area contributed by atoms with Gasteiger partial charge in [-0.05, 0) is 66.4 Å². The van der Waals surface area contributed by atoms with Crippen molar-refractivity contribution in [2.45, 2.75) is 13.0 Å². The topological polar surface area (TPSA) is 32.3 Å². The molecule has 0 radical (unpaired) electrons. The number of hydrogen-bond donors (Lipinski definition) is 1. The predicted octanol–water partition coefficient (Wildman–Crippen LogP) is 4.20. The first-order chi connectivity index (χ1) is 11.1. The highest BCUT2D eigenvalue weighted by Gasteiger charge is 2.09. The predicted molar refractivity (Wildman–Crippen MR) is 104 cm³/mol. The molecule has 2 aromatic carbocycles. The molecule has 0 aliphatic carbocycles. The van der Waals surface area contributed by atoms with E-state index < -0.39 is 0 Å². The van der Waals surface area contributed by atoms with Crippen LogP contribution in [0.3, 0.4) is 0 Å². The lowest BCUT2D eigenvalue weighted by Crippen LogP contribution is -2.28. The molecular weight excluding hydrogens is 423 g/mol. The molecule has 122 valence electrons. The maximum atomic E-state index is 12.1. The smallest absolute Gasteiger partial charge is 0.252 e. The number of amides is 1. The molecule has 0 saturated carbocycles. The molecule has 2 aromatic rings. The van der Waals surface area contributed by atoms with Crippen LogP contribution in [0.25, 0.3) is 0 Å². The van der Waals surface area contributed by atoms with Crippen molar-refractivity contribution in [2.75, 3.05) is 20.1 Å². The summed E-state index contributed by atoms with van der Waals surface area (Å²) in [6.07, 6.45) is 0.916. The Morgan fingerprint density at radius 3 is 2.65 bits per heavy atom. The zero-order valence-corrected chi connectivity index (χ0v) is 16.0. The lowest BCUT2D eigenvalue weighted by atomic mass is 10.2. The molecule has 0 atom stereocenters. The lowest BCUT2D eigenvalue weighted by Gasteiger charge is -2.16. The van der Waals surface area contributed by atoms with Gasteiger partial charge in [0, 0.05) is 21.7 Å². The standard InChI is InChI=1S/C18H20ClIN2O/c1-22(13-14-6-3-2-4-7-14)11-5-10-21-18(23)16-9-8-15(19)12-17(16)20/h2-4,6-9,12H,5,10-11,13H2,1H3,(H,21,23). The highest BCUT2D eigenvalue weighted by molar-refractivity contribution is 14.1. The monoisotopic (exact) mass is 442 g/mol. The van der Waals surface area contributed by atoms with Crippen molar-refractivity contribution in [3.63, 3.8) is 0 Å². The summed E-state index contributed by atoms with van der Waals surface area (Å²) in [7, 11) is 2.09. The maximum Gasteiger partial charge on any atom is 0.252 e. The Bertz CT molecular complexity index is 649. The number of halogens is 2. The van der Waals surface area contributed by atoms with E-state index in [4.69, 9.17) is 11.6 Å². The van der Waals surface area contributed by atoms with Crippen LogP contribution in [0.5, 0.6) is 0 Å². The molecular formula is C18H20ClIN2O. The van der Waals surface area contributed by atoms with Gasteiger partial charge < -0.3 is 10.2 Å². The van der Waals surface area contributed by atoms with E-state index >= 15 is 0 Å². The summed E-state index contributed by atoms with van der Waals surface area (Å²) in [5, 5.41) is 3.61. The van der Waals surface area contributed by atoms with Gasteiger partial charge in [-0.25, -0.2) is 0 Å². The van der Waals surface area contributed by atoms with Crippen molar-refractivity contribution < 1.29 is 4.79 Å². The molecule has 0 spiro atoms. The van der Waals surface area contributed by atoms with Crippen molar-refractivity contribution >= 4 is 40.1 Å². The average Bonchev–Trinajstić information content (AvgIpc) is 2.52. The van der Waals surface area contributed by atoms with Crippen LogP contribution in [-0.4, -0.2) is 30.9 Å². The van der Waals surface area contributed by atoms with Crippen LogP contribution in [0.2, 0.25) is 5.02 Å². The van der Waals surface area contributed by atoms with Gasteiger partial charge in [-0.15, -0.1) is 0 Å². The van der Waals surface area contributed by atoms with E-state index in [2.05, 4.69) is 64.1 Å². The minimum Gasteiger partial charge on any atom is -0.352 e. The van der Waals surface area contributed by atoms with Gasteiger partial charge in [0.05, 0.1) is 5.56 Å². The van der Waals surface area contributed by atoms with Gasteiger partial charge in [-0.2, -0.15) is 0 Å². The Morgan fingerprint density at radius 1 is 1.22 bits per heavy atom. The second-order valence-electron chi connectivity index (χ2n) is 5.46. The van der Waals surface area contributed by atoms with Gasteiger partial charge in [0.2, 0.25) is 0 Å². The molecule has 0 unspecified atom stereocenters. The van der Waals surface area contributed by atoms with Gasteiger partial charge in [-0.1, -0.05) is 41.9 Å². The molecule has 0 heterocycles. The van der Waals surface area contributed by atoms with Crippen molar-refractivity contribution in [2.24, 2.45) is 0 Å². The minimum absolute atomic E-state index is 0.0446. The molecule has 0 fully saturated rings. The third kappa shape index (κ3) is 6.12. The first-order valence-electron chi connectivity index (χ1n) is 7.52. The Kier molecular flexibility index (Phi) is 7.33. The molecule has 5 heteroatoms. The summed E-state index contributed by atoms with van der Waals surface area (Å²) < 4.78 is 0.869. The second kappa shape index (κ2) is 9.25. The summed E-state index contributed by atoms with van der Waals surface area (Å²) in [4.78, 5) is 14.4. The molecule has 1 amide bonds. The molecule has 0 saturated heterocycles. The fourth-order valence-electron chi connectivity index (χ4n) is 2.29. The van der Waals surface area contributed by atoms with Crippen LogP contribution in [0, 0.1) is 3.57 Å². The number of carbonyl (C=O) groups excluding carboxylic acids is 1. The third-order valence-corrected chi connectivity index (χ3v) is 4.60. The summed E-state index contributed by atoms with van der Waals surface area (Å²) in [5.41, 5.74) is 1.97. The van der Waals surface area contributed by atoms with Crippen LogP contribution in [0.15, 0.2) is 48.5 Å². The van der Waals surface area contributed by atoms with Crippen LogP contribution in [0.1, 0.15) is 22.3 Å². The Morgan fingerprint density at radius 2 is 1.96 bits per heavy atom. The van der Waals surface area contributed by atoms with Crippen LogP contribution < -0.4 is 5.32 Å². The number of nitrogens with one attached hydrogen (secondary N) is 1. The minimum atomic E-state index is -0.0446. The number of benzene rings is 2. The zero-order valence-electron chi connectivity index (χ0n) is 13.1. The van der Waals surface area contributed by atoms with Gasteiger partial charge in [0.1, 0.15) is 0 Å². The average molecular weight is 443 g/mol. The van der Waals surface area contributed by atoms with Crippen LogP contribution >= 0.6 is 34.2 Å². The molecule has 3 nitrogen and oxygen atoms in total. The van der Waals surface area contributed by atoms with E-state index in [0.717, 1.165) is 23.1 Å². The summed E-state index contributed by atoms with van der Waals surface area (Å²) in [6, 6.07) is 15.7. The fraction of sp³-hybridized carbons (Fsp3) is 0.278. The Balaban J connectivity index is 1.71. The highest BCUT2D eigenvalue weighted by atomic mass is 127. The van der Waals surface area contributed by atoms with Crippen LogP contribution in [0.4, 0.5) is 0 Å². The zero-order chi connectivity index (χ0) is 16.7. The largest absolute Gasteiger partial charge is 0.352 e.